The molecule has 0 fully saturated rings. The van der Waals surface area contributed by atoms with E-state index in [1.807, 2.05) is 29.2 Å². The first-order valence-electron chi connectivity index (χ1n) is 12.6. The number of carbonyl (C=O) groups excluding carboxylic acids is 3. The highest BCUT2D eigenvalue weighted by Gasteiger charge is 2.57. The van der Waals surface area contributed by atoms with E-state index in [0.29, 0.717) is 30.8 Å². The van der Waals surface area contributed by atoms with Gasteiger partial charge in [0.25, 0.3) is 0 Å². The predicted octanol–water partition coefficient (Wildman–Crippen LogP) is 4.49. The number of isocyanates is 1. The Bertz CT molecular complexity index is 1140. The fraction of sp³-hybridized carbons (Fsp3) is 0.464. The zero-order valence-electron chi connectivity index (χ0n) is 20.5. The van der Waals surface area contributed by atoms with E-state index in [1.165, 1.54) is 11.1 Å². The van der Waals surface area contributed by atoms with Crippen molar-refractivity contribution < 1.29 is 19.1 Å². The topological polar surface area (TPSA) is 88.1 Å². The van der Waals surface area contributed by atoms with Gasteiger partial charge in [-0.15, -0.1) is 0 Å². The molecule has 35 heavy (non-hydrogen) atoms. The molecule has 2 aliphatic heterocycles. The van der Waals surface area contributed by atoms with Crippen molar-refractivity contribution >= 4 is 29.3 Å². The Balaban J connectivity index is 1.85. The van der Waals surface area contributed by atoms with Crippen molar-refractivity contribution in [1.82, 2.24) is 5.32 Å². The second-order valence-corrected chi connectivity index (χ2v) is 9.22. The van der Waals surface area contributed by atoms with Gasteiger partial charge in [0.1, 0.15) is 0 Å². The summed E-state index contributed by atoms with van der Waals surface area (Å²) in [5, 5.41) is 3.60. The summed E-state index contributed by atoms with van der Waals surface area (Å²) in [4.78, 5) is 44.1. The molecule has 2 atom stereocenters. The lowest BCUT2D eigenvalue weighted by molar-refractivity contribution is -0.143. The predicted molar refractivity (Wildman–Crippen MR) is 134 cm³/mol. The van der Waals surface area contributed by atoms with Crippen molar-refractivity contribution in [3.8, 4) is 0 Å². The van der Waals surface area contributed by atoms with E-state index in [1.54, 1.807) is 19.1 Å². The molecule has 0 saturated carbocycles. The highest BCUT2D eigenvalue weighted by molar-refractivity contribution is 6.10. The average Bonchev–Trinajstić information content (AvgIpc) is 3.12. The maximum atomic E-state index is 14.4. The average molecular weight is 476 g/mol. The van der Waals surface area contributed by atoms with Crippen molar-refractivity contribution in [1.29, 1.82) is 0 Å². The highest BCUT2D eigenvalue weighted by Crippen LogP contribution is 2.52. The van der Waals surface area contributed by atoms with Gasteiger partial charge in [0.05, 0.1) is 23.4 Å². The molecule has 0 bridgehead atoms. The minimum Gasteiger partial charge on any atom is -0.466 e. The van der Waals surface area contributed by atoms with Crippen LogP contribution >= 0.6 is 0 Å². The second-order valence-electron chi connectivity index (χ2n) is 9.22. The van der Waals surface area contributed by atoms with E-state index in [4.69, 9.17) is 4.74 Å². The number of benzene rings is 2. The molecule has 7 nitrogen and oxygen atoms in total. The van der Waals surface area contributed by atoms with Gasteiger partial charge in [0.15, 0.2) is 0 Å². The lowest BCUT2D eigenvalue weighted by Crippen LogP contribution is -2.57. The first-order valence-corrected chi connectivity index (χ1v) is 12.6. The number of esters is 1. The Morgan fingerprint density at radius 2 is 1.97 bits per heavy atom. The number of amides is 1. The summed E-state index contributed by atoms with van der Waals surface area (Å²) in [5.41, 5.74) is 3.25. The number of ether oxygens (including phenoxy) is 1. The van der Waals surface area contributed by atoms with Gasteiger partial charge in [-0.1, -0.05) is 50.1 Å². The van der Waals surface area contributed by atoms with Crippen molar-refractivity contribution in [2.75, 3.05) is 18.1 Å². The third-order valence-corrected chi connectivity index (χ3v) is 7.24. The number of aliphatic imine (C=N–C) groups is 1. The lowest BCUT2D eigenvalue weighted by atomic mass is 9.68. The Kier molecular flexibility index (Phi) is 7.79. The smallest absolute Gasteiger partial charge is 0.305 e. The van der Waals surface area contributed by atoms with Crippen LogP contribution in [0.5, 0.6) is 0 Å². The highest BCUT2D eigenvalue weighted by atomic mass is 16.5. The van der Waals surface area contributed by atoms with Crippen LogP contribution < -0.4 is 10.2 Å². The third-order valence-electron chi connectivity index (χ3n) is 7.24. The van der Waals surface area contributed by atoms with E-state index in [9.17, 15) is 14.4 Å². The van der Waals surface area contributed by atoms with E-state index in [2.05, 4.69) is 29.4 Å². The fourth-order valence-corrected chi connectivity index (χ4v) is 5.62. The molecule has 2 aromatic rings. The summed E-state index contributed by atoms with van der Waals surface area (Å²) >= 11 is 0. The van der Waals surface area contributed by atoms with E-state index in [-0.39, 0.29) is 37.4 Å². The van der Waals surface area contributed by atoms with Gasteiger partial charge in [-0.05, 0) is 49.4 Å². The second kappa shape index (κ2) is 11.0. The number of carbonyl (C=O) groups is 2. The monoisotopic (exact) mass is 475 g/mol. The quantitative estimate of drug-likeness (QED) is 0.237. The largest absolute Gasteiger partial charge is 0.466 e. The molecule has 2 aromatic carbocycles. The molecule has 0 radical (unpaired) electrons. The molecule has 184 valence electrons. The van der Waals surface area contributed by atoms with Gasteiger partial charge in [-0.3, -0.25) is 9.59 Å². The third kappa shape index (κ3) is 4.66. The molecule has 0 spiro atoms. The maximum absolute atomic E-state index is 14.4. The first kappa shape index (κ1) is 24.8. The van der Waals surface area contributed by atoms with Crippen LogP contribution in [-0.4, -0.2) is 37.1 Å². The van der Waals surface area contributed by atoms with Crippen LogP contribution in [0.25, 0.3) is 0 Å². The number of anilines is 1. The van der Waals surface area contributed by atoms with Gasteiger partial charge in [-0.2, -0.15) is 4.99 Å². The van der Waals surface area contributed by atoms with E-state index >= 15 is 0 Å². The van der Waals surface area contributed by atoms with Gasteiger partial charge < -0.3 is 15.0 Å². The number of nitrogens with zero attached hydrogens (tertiary/aromatic N) is 2. The molecular weight excluding hydrogens is 442 g/mol. The van der Waals surface area contributed by atoms with Crippen LogP contribution in [0.15, 0.2) is 47.5 Å². The fourth-order valence-electron chi connectivity index (χ4n) is 5.62. The zero-order valence-corrected chi connectivity index (χ0v) is 20.5. The molecule has 2 heterocycles. The first-order chi connectivity index (χ1) is 17.1. The summed E-state index contributed by atoms with van der Waals surface area (Å²) in [7, 11) is 0. The molecule has 0 aliphatic carbocycles. The molecule has 1 amide bonds. The van der Waals surface area contributed by atoms with Crippen LogP contribution in [0.1, 0.15) is 62.6 Å². The molecule has 4 rings (SSSR count). The normalized spacial score (nSPS) is 20.7. The number of unbranched alkanes of at least 4 members (excludes halogenated alkanes) is 2. The van der Waals surface area contributed by atoms with Crippen molar-refractivity contribution in [3.05, 3.63) is 59.2 Å². The van der Waals surface area contributed by atoms with Crippen LogP contribution in [0.2, 0.25) is 0 Å². The Hall–Kier alpha value is -3.28. The van der Waals surface area contributed by atoms with Crippen molar-refractivity contribution in [2.45, 2.75) is 70.4 Å². The minimum absolute atomic E-state index is 0.0432. The molecule has 0 saturated heterocycles. The summed E-state index contributed by atoms with van der Waals surface area (Å²) in [6.45, 7) is 5.40. The van der Waals surface area contributed by atoms with Crippen LogP contribution in [0.3, 0.4) is 0 Å². The number of fused-ring (bicyclic) bond motifs is 2. The summed E-state index contributed by atoms with van der Waals surface area (Å²) < 4.78 is 5.23. The molecule has 1 N–H and O–H groups in total. The van der Waals surface area contributed by atoms with Gasteiger partial charge in [0, 0.05) is 31.1 Å². The molecule has 2 unspecified atom stereocenters. The molecule has 0 aromatic heterocycles. The Morgan fingerprint density at radius 3 is 2.71 bits per heavy atom. The Morgan fingerprint density at radius 1 is 1.17 bits per heavy atom. The number of hydrogen-bond donors (Lipinski definition) is 1. The summed E-state index contributed by atoms with van der Waals surface area (Å²) in [6, 6.07) is 13.4. The summed E-state index contributed by atoms with van der Waals surface area (Å²) in [6.07, 6.45) is 5.59. The number of rotatable bonds is 10. The van der Waals surface area contributed by atoms with Gasteiger partial charge >= 0.3 is 5.97 Å². The Labute approximate surface area is 206 Å². The molecule has 7 heteroatoms. The SMILES string of the molecule is CCCCCN1C(=O)C(CCC(=O)OCC)(C2Cc3ccccc3CN2)c2c(N=C=O)cccc21. The maximum Gasteiger partial charge on any atom is 0.305 e. The zero-order chi connectivity index (χ0) is 24.8. The van der Waals surface area contributed by atoms with Gasteiger partial charge in [0.2, 0.25) is 12.0 Å². The molecule has 2 aliphatic rings. The van der Waals surface area contributed by atoms with E-state index in [0.717, 1.165) is 24.9 Å². The van der Waals surface area contributed by atoms with E-state index < -0.39 is 5.41 Å². The summed E-state index contributed by atoms with van der Waals surface area (Å²) in [5.74, 6) is -0.378. The minimum atomic E-state index is -1.06. The standard InChI is InChI=1S/C28H33N3O4/c1-3-5-8-16-31-23-13-9-12-22(30-19-32)26(23)28(27(31)34,15-14-25(33)35-4-2)24-17-20-10-6-7-11-21(20)18-29-24/h6-7,9-13,24,29H,3-5,8,14-18H2,1-2H3. The molecular formula is C28H33N3O4. The number of hydrogen-bond acceptors (Lipinski definition) is 6. The lowest BCUT2D eigenvalue weighted by Gasteiger charge is -2.40. The van der Waals surface area contributed by atoms with Crippen molar-refractivity contribution in [3.63, 3.8) is 0 Å². The number of nitrogens with one attached hydrogen (secondary N) is 1. The van der Waals surface area contributed by atoms with Crippen LogP contribution in [-0.2, 0) is 37.5 Å². The van der Waals surface area contributed by atoms with Crippen LogP contribution in [0, 0.1) is 0 Å². The van der Waals surface area contributed by atoms with Crippen molar-refractivity contribution in [2.24, 2.45) is 4.99 Å². The van der Waals surface area contributed by atoms with Gasteiger partial charge in [-0.25, -0.2) is 4.79 Å². The van der Waals surface area contributed by atoms with Crippen LogP contribution in [0.4, 0.5) is 11.4 Å².